The molecule has 1 aromatic heterocycles. The smallest absolute Gasteiger partial charge is 0.419 e. The average molecular weight is 586 g/mol. The van der Waals surface area contributed by atoms with Gasteiger partial charge in [0.15, 0.2) is 11.5 Å². The normalized spacial score (nSPS) is 17.7. The number of hydrogen-bond donors (Lipinski definition) is 2. The van der Waals surface area contributed by atoms with Crippen LogP contribution in [0.1, 0.15) is 49.7 Å². The topological polar surface area (TPSA) is 85.5 Å². The molecule has 0 saturated heterocycles. The van der Waals surface area contributed by atoms with Gasteiger partial charge in [0.25, 0.3) is 0 Å². The van der Waals surface area contributed by atoms with E-state index in [-0.39, 0.29) is 35.7 Å². The molecular formula is C28H33F6N5O2. The SMILES string of the molecule is COc1cc2nc(C)nc(N[C@H](C)c3cc(N)cc(C(F)(F)F)c3F)c2cc1O[C@@H](C)C1(CN(C)C)CC(F)(F)C1. The molecular weight excluding hydrogens is 552 g/mol. The molecule has 0 radical (unpaired) electrons. The van der Waals surface area contributed by atoms with E-state index in [2.05, 4.69) is 15.3 Å². The molecule has 0 unspecified atom stereocenters. The van der Waals surface area contributed by atoms with Gasteiger partial charge in [-0.2, -0.15) is 13.2 Å². The van der Waals surface area contributed by atoms with Gasteiger partial charge in [-0.05, 0) is 53.1 Å². The number of alkyl halides is 5. The Hall–Kier alpha value is -3.48. The van der Waals surface area contributed by atoms with E-state index >= 15 is 0 Å². The fraction of sp³-hybridized carbons (Fsp3) is 0.500. The highest BCUT2D eigenvalue weighted by molar-refractivity contribution is 5.92. The van der Waals surface area contributed by atoms with Crippen LogP contribution in [0.3, 0.4) is 0 Å². The Morgan fingerprint density at radius 3 is 2.29 bits per heavy atom. The number of fused-ring (bicyclic) bond motifs is 1. The number of anilines is 2. The summed E-state index contributed by atoms with van der Waals surface area (Å²) in [6.07, 6.45) is -6.21. The van der Waals surface area contributed by atoms with Crippen molar-refractivity contribution in [1.82, 2.24) is 14.9 Å². The van der Waals surface area contributed by atoms with E-state index in [1.54, 1.807) is 40.1 Å². The van der Waals surface area contributed by atoms with Crippen LogP contribution in [-0.2, 0) is 6.18 Å². The number of methoxy groups -OCH3 is 1. The van der Waals surface area contributed by atoms with Crippen LogP contribution in [0.25, 0.3) is 10.9 Å². The summed E-state index contributed by atoms with van der Waals surface area (Å²) in [5.41, 5.74) is 3.29. The van der Waals surface area contributed by atoms with Crippen LogP contribution in [0, 0.1) is 18.2 Å². The number of rotatable bonds is 9. The molecule has 4 rings (SSSR count). The second-order valence-electron chi connectivity index (χ2n) is 11.0. The minimum absolute atomic E-state index is 0.203. The van der Waals surface area contributed by atoms with E-state index in [1.165, 1.54) is 14.0 Å². The number of ether oxygens (including phenoxy) is 2. The molecule has 1 saturated carbocycles. The van der Waals surface area contributed by atoms with Crippen molar-refractivity contribution in [3.05, 3.63) is 47.0 Å². The summed E-state index contributed by atoms with van der Waals surface area (Å²) in [6, 6.07) is 3.88. The van der Waals surface area contributed by atoms with E-state index in [4.69, 9.17) is 15.2 Å². The van der Waals surface area contributed by atoms with Gasteiger partial charge in [-0.3, -0.25) is 0 Å². The lowest BCUT2D eigenvalue weighted by Gasteiger charge is -2.51. The first-order valence-corrected chi connectivity index (χ1v) is 12.9. The van der Waals surface area contributed by atoms with Gasteiger partial charge in [0, 0.05) is 47.5 Å². The maximum Gasteiger partial charge on any atom is 0.419 e. The van der Waals surface area contributed by atoms with Crippen molar-refractivity contribution >= 4 is 22.4 Å². The summed E-state index contributed by atoms with van der Waals surface area (Å²) >= 11 is 0. The molecule has 0 aliphatic heterocycles. The summed E-state index contributed by atoms with van der Waals surface area (Å²) < 4.78 is 94.9. The van der Waals surface area contributed by atoms with Crippen LogP contribution < -0.4 is 20.5 Å². The lowest BCUT2D eigenvalue weighted by atomic mass is 9.62. The van der Waals surface area contributed by atoms with Gasteiger partial charge in [0.2, 0.25) is 5.92 Å². The Bertz CT molecular complexity index is 1430. The fourth-order valence-electron chi connectivity index (χ4n) is 5.54. The fourth-order valence-corrected chi connectivity index (χ4v) is 5.54. The van der Waals surface area contributed by atoms with Crippen LogP contribution in [-0.4, -0.2) is 54.6 Å². The third kappa shape index (κ3) is 6.24. The number of halogens is 6. The zero-order chi connectivity index (χ0) is 30.5. The van der Waals surface area contributed by atoms with E-state index in [0.29, 0.717) is 35.1 Å². The Morgan fingerprint density at radius 1 is 1.07 bits per heavy atom. The zero-order valence-corrected chi connectivity index (χ0v) is 23.6. The second-order valence-corrected chi connectivity index (χ2v) is 11.0. The first kappa shape index (κ1) is 30.5. The Labute approximate surface area is 234 Å². The molecule has 7 nitrogen and oxygen atoms in total. The molecule has 2 aromatic carbocycles. The number of hydrogen-bond acceptors (Lipinski definition) is 7. The van der Waals surface area contributed by atoms with Crippen LogP contribution in [0.15, 0.2) is 24.3 Å². The summed E-state index contributed by atoms with van der Waals surface area (Å²) in [4.78, 5) is 10.7. The third-order valence-corrected chi connectivity index (χ3v) is 7.36. The number of nitrogens with zero attached hydrogens (tertiary/aromatic N) is 3. The predicted octanol–water partition coefficient (Wildman–Crippen LogP) is 6.60. The van der Waals surface area contributed by atoms with E-state index in [1.807, 2.05) is 4.90 Å². The zero-order valence-electron chi connectivity index (χ0n) is 23.6. The molecule has 13 heteroatoms. The van der Waals surface area contributed by atoms with Crippen LogP contribution >= 0.6 is 0 Å². The highest BCUT2D eigenvalue weighted by atomic mass is 19.4. The summed E-state index contributed by atoms with van der Waals surface area (Å²) in [5, 5.41) is 3.39. The number of aryl methyl sites for hydroxylation is 1. The Balaban J connectivity index is 1.73. The van der Waals surface area contributed by atoms with Gasteiger partial charge in [0.1, 0.15) is 23.6 Å². The van der Waals surface area contributed by atoms with Gasteiger partial charge in [-0.25, -0.2) is 23.1 Å². The molecule has 1 aliphatic carbocycles. The maximum absolute atomic E-state index is 15.0. The number of benzene rings is 2. The summed E-state index contributed by atoms with van der Waals surface area (Å²) in [7, 11) is 5.05. The summed E-state index contributed by atoms with van der Waals surface area (Å²) in [5.74, 6) is -3.12. The molecule has 1 heterocycles. The first-order valence-electron chi connectivity index (χ1n) is 12.9. The number of nitrogens with one attached hydrogen (secondary N) is 1. The Kier molecular flexibility index (Phi) is 7.98. The lowest BCUT2D eigenvalue weighted by molar-refractivity contribution is -0.196. The highest BCUT2D eigenvalue weighted by Gasteiger charge is 2.60. The lowest BCUT2D eigenvalue weighted by Crippen LogP contribution is -2.58. The van der Waals surface area contributed by atoms with Crippen molar-refractivity contribution in [2.45, 2.75) is 57.9 Å². The van der Waals surface area contributed by atoms with Gasteiger partial charge < -0.3 is 25.4 Å². The standard InChI is InChI=1S/C28H33F6N5O2/c1-14(18-7-17(35)8-20(24(18)29)28(32,33)34)36-25-19-9-23(22(40-6)10-21(19)37-16(3)38-25)41-15(2)26(13-39(4)5)11-27(30,31)12-26/h7-10,14-15H,11-13,35H2,1-6H3,(H,36,37,38)/t14-,15+/m1/s1. The van der Waals surface area contributed by atoms with Crippen molar-refractivity contribution in [2.75, 3.05) is 38.8 Å². The minimum atomic E-state index is -4.93. The molecule has 0 spiro atoms. The predicted molar refractivity (Wildman–Crippen MR) is 144 cm³/mol. The van der Waals surface area contributed by atoms with Crippen molar-refractivity contribution < 1.29 is 35.8 Å². The van der Waals surface area contributed by atoms with Crippen molar-refractivity contribution in [3.63, 3.8) is 0 Å². The molecule has 0 bridgehead atoms. The average Bonchev–Trinajstić information content (AvgIpc) is 2.82. The minimum Gasteiger partial charge on any atom is -0.493 e. The molecule has 224 valence electrons. The van der Waals surface area contributed by atoms with Gasteiger partial charge >= 0.3 is 6.18 Å². The van der Waals surface area contributed by atoms with Crippen LogP contribution in [0.5, 0.6) is 11.5 Å². The monoisotopic (exact) mass is 585 g/mol. The molecule has 3 aromatic rings. The van der Waals surface area contributed by atoms with Crippen molar-refractivity contribution in [2.24, 2.45) is 5.41 Å². The quantitative estimate of drug-likeness (QED) is 0.216. The molecule has 1 fully saturated rings. The van der Waals surface area contributed by atoms with E-state index in [0.717, 1.165) is 6.07 Å². The van der Waals surface area contributed by atoms with Crippen LogP contribution in [0.2, 0.25) is 0 Å². The number of nitrogens with two attached hydrogens (primary N) is 1. The molecule has 3 N–H and O–H groups in total. The highest BCUT2D eigenvalue weighted by Crippen LogP contribution is 2.55. The molecule has 1 aliphatic rings. The second kappa shape index (κ2) is 10.7. The number of aromatic nitrogens is 2. The molecule has 0 amide bonds. The third-order valence-electron chi connectivity index (χ3n) is 7.36. The van der Waals surface area contributed by atoms with Gasteiger partial charge in [0.05, 0.1) is 24.2 Å². The molecule has 41 heavy (non-hydrogen) atoms. The maximum atomic E-state index is 15.0. The Morgan fingerprint density at radius 2 is 1.73 bits per heavy atom. The largest absolute Gasteiger partial charge is 0.493 e. The first-order chi connectivity index (χ1) is 18.9. The van der Waals surface area contributed by atoms with Gasteiger partial charge in [-0.15, -0.1) is 0 Å². The number of nitrogen functional groups attached to an aromatic ring is 1. The van der Waals surface area contributed by atoms with E-state index in [9.17, 15) is 26.3 Å². The van der Waals surface area contributed by atoms with E-state index < -0.39 is 41.0 Å². The van der Waals surface area contributed by atoms with Gasteiger partial charge in [-0.1, -0.05) is 0 Å². The van der Waals surface area contributed by atoms with Crippen LogP contribution in [0.4, 0.5) is 37.8 Å². The molecule has 2 atom stereocenters. The summed E-state index contributed by atoms with van der Waals surface area (Å²) in [6.45, 7) is 5.22. The van der Waals surface area contributed by atoms with Crippen molar-refractivity contribution in [1.29, 1.82) is 0 Å². The van der Waals surface area contributed by atoms with Crippen molar-refractivity contribution in [3.8, 4) is 11.5 Å².